The fourth-order valence-corrected chi connectivity index (χ4v) is 4.14. The minimum atomic E-state index is -1.18. The summed E-state index contributed by atoms with van der Waals surface area (Å²) in [5, 5.41) is 12.1. The monoisotopic (exact) mass is 466 g/mol. The number of carboxylic acid groups (broad SMARTS) is 1. The van der Waals surface area contributed by atoms with Gasteiger partial charge in [0.25, 0.3) is 5.91 Å². The van der Waals surface area contributed by atoms with Crippen LogP contribution in [0.1, 0.15) is 28.8 Å². The zero-order valence-electron chi connectivity index (χ0n) is 19.1. The Morgan fingerprint density at radius 3 is 2.06 bits per heavy atom. The topological polar surface area (TPSA) is 101 Å². The number of aliphatic carboxylic acids is 1. The minimum Gasteiger partial charge on any atom is -0.480 e. The van der Waals surface area contributed by atoms with Crippen LogP contribution >= 0.6 is 0 Å². The molecular weight excluding hydrogens is 440 g/mol. The van der Waals surface area contributed by atoms with Gasteiger partial charge in [-0.2, -0.15) is 0 Å². The van der Waals surface area contributed by atoms with Gasteiger partial charge in [0.1, 0.15) is 6.04 Å². The third-order valence-electron chi connectivity index (χ3n) is 6.00. The molecule has 4 rings (SSSR count). The van der Waals surface area contributed by atoms with E-state index in [1.165, 1.54) is 4.90 Å². The number of carboxylic acids is 1. The van der Waals surface area contributed by atoms with Crippen molar-refractivity contribution in [2.45, 2.75) is 25.4 Å². The summed E-state index contributed by atoms with van der Waals surface area (Å²) in [5.41, 5.74) is 8.39. The van der Waals surface area contributed by atoms with E-state index in [0.29, 0.717) is 5.56 Å². The summed E-state index contributed by atoms with van der Waals surface area (Å²) in [5.74, 6) is -2.21. The van der Waals surface area contributed by atoms with Crippen LogP contribution < -0.4 is 5.73 Å². The second-order valence-corrected chi connectivity index (χ2v) is 8.42. The van der Waals surface area contributed by atoms with Gasteiger partial charge < -0.3 is 15.7 Å². The molecule has 0 fully saturated rings. The second-order valence-electron chi connectivity index (χ2n) is 8.42. The zero-order valence-corrected chi connectivity index (χ0v) is 19.1. The van der Waals surface area contributed by atoms with Crippen LogP contribution in [0.3, 0.4) is 0 Å². The van der Waals surface area contributed by atoms with Crippen molar-refractivity contribution in [3.05, 3.63) is 108 Å². The summed E-state index contributed by atoms with van der Waals surface area (Å²) in [6.07, 6.45) is -0.186. The van der Waals surface area contributed by atoms with Gasteiger partial charge in [-0.05, 0) is 52.1 Å². The minimum absolute atomic E-state index is 0.0571. The first-order valence-corrected chi connectivity index (χ1v) is 11.4. The van der Waals surface area contributed by atoms with E-state index in [9.17, 15) is 19.5 Å². The standard InChI is InChI=1S/C29H26N2O4/c30-27(32)17-16-26(29(34)35)31(19-20-6-2-1-3-7-20)28(33)23-13-10-22(11-14-23)25-15-12-21-8-4-5-9-24(21)18-25/h1-15,18,26H,16-17,19H2,(H2,30,32)(H,34,35)/t26-/m0/s1. The van der Waals surface area contributed by atoms with Crippen molar-refractivity contribution < 1.29 is 19.5 Å². The van der Waals surface area contributed by atoms with Gasteiger partial charge in [-0.3, -0.25) is 9.59 Å². The molecule has 2 amide bonds. The fraction of sp³-hybridized carbons (Fsp3) is 0.138. The third kappa shape index (κ3) is 5.73. The van der Waals surface area contributed by atoms with Gasteiger partial charge in [-0.1, -0.05) is 78.9 Å². The molecule has 4 aromatic rings. The number of nitrogens with zero attached hydrogens (tertiary/aromatic N) is 1. The van der Waals surface area contributed by atoms with Crippen molar-refractivity contribution in [1.82, 2.24) is 4.90 Å². The summed E-state index contributed by atoms with van der Waals surface area (Å²) >= 11 is 0. The molecule has 6 heteroatoms. The van der Waals surface area contributed by atoms with E-state index in [0.717, 1.165) is 27.5 Å². The number of carbonyl (C=O) groups is 3. The lowest BCUT2D eigenvalue weighted by Gasteiger charge is -2.29. The third-order valence-corrected chi connectivity index (χ3v) is 6.00. The van der Waals surface area contributed by atoms with Crippen LogP contribution in [0, 0.1) is 0 Å². The molecule has 0 unspecified atom stereocenters. The van der Waals surface area contributed by atoms with E-state index in [1.54, 1.807) is 12.1 Å². The normalized spacial score (nSPS) is 11.7. The largest absolute Gasteiger partial charge is 0.480 e. The Morgan fingerprint density at radius 1 is 0.771 bits per heavy atom. The van der Waals surface area contributed by atoms with Gasteiger partial charge in [0.15, 0.2) is 0 Å². The molecule has 35 heavy (non-hydrogen) atoms. The number of rotatable bonds is 9. The SMILES string of the molecule is NC(=O)CC[C@@H](C(=O)O)N(Cc1ccccc1)C(=O)c1ccc(-c2ccc3ccccc3c2)cc1. The van der Waals surface area contributed by atoms with Crippen molar-refractivity contribution >= 4 is 28.6 Å². The van der Waals surface area contributed by atoms with Gasteiger partial charge in [0.2, 0.25) is 5.91 Å². The molecule has 3 N–H and O–H groups in total. The summed E-state index contributed by atoms with van der Waals surface area (Å²) < 4.78 is 0. The number of carbonyl (C=O) groups excluding carboxylic acids is 2. The van der Waals surface area contributed by atoms with Gasteiger partial charge in [0, 0.05) is 18.5 Å². The highest BCUT2D eigenvalue weighted by atomic mass is 16.4. The Labute approximate surface area is 203 Å². The number of benzene rings is 4. The van der Waals surface area contributed by atoms with Crippen LogP contribution in [-0.2, 0) is 16.1 Å². The average Bonchev–Trinajstić information content (AvgIpc) is 2.88. The fourth-order valence-electron chi connectivity index (χ4n) is 4.14. The average molecular weight is 467 g/mol. The van der Waals surface area contributed by atoms with Crippen LogP contribution in [0.2, 0.25) is 0 Å². The Hall–Kier alpha value is -4.45. The van der Waals surface area contributed by atoms with E-state index in [-0.39, 0.29) is 19.4 Å². The molecule has 176 valence electrons. The van der Waals surface area contributed by atoms with Crippen molar-refractivity contribution in [3.63, 3.8) is 0 Å². The molecule has 0 aromatic heterocycles. The van der Waals surface area contributed by atoms with Gasteiger partial charge in [-0.15, -0.1) is 0 Å². The maximum Gasteiger partial charge on any atom is 0.326 e. The van der Waals surface area contributed by atoms with E-state index in [1.807, 2.05) is 60.7 Å². The number of primary amides is 1. The molecular formula is C29H26N2O4. The molecule has 6 nitrogen and oxygen atoms in total. The lowest BCUT2D eigenvalue weighted by molar-refractivity contribution is -0.143. The molecule has 0 bridgehead atoms. The molecule has 0 saturated heterocycles. The molecule has 0 heterocycles. The second kappa shape index (κ2) is 10.7. The van der Waals surface area contributed by atoms with Crippen molar-refractivity contribution in [3.8, 4) is 11.1 Å². The first-order chi connectivity index (χ1) is 16.9. The van der Waals surface area contributed by atoms with Crippen molar-refractivity contribution in [2.24, 2.45) is 5.73 Å². The van der Waals surface area contributed by atoms with Crippen molar-refractivity contribution in [1.29, 1.82) is 0 Å². The van der Waals surface area contributed by atoms with Crippen LogP contribution in [0.4, 0.5) is 0 Å². The van der Waals surface area contributed by atoms with Gasteiger partial charge in [-0.25, -0.2) is 4.79 Å². The van der Waals surface area contributed by atoms with Crippen LogP contribution in [0.5, 0.6) is 0 Å². The summed E-state index contributed by atoms with van der Waals surface area (Å²) in [6, 6.07) is 29.4. The molecule has 0 aliphatic heterocycles. The molecule has 0 radical (unpaired) electrons. The molecule has 0 aliphatic rings. The van der Waals surface area contributed by atoms with E-state index < -0.39 is 23.8 Å². The Bertz CT molecular complexity index is 1350. The highest BCUT2D eigenvalue weighted by Crippen LogP contribution is 2.26. The van der Waals surface area contributed by atoms with Crippen molar-refractivity contribution in [2.75, 3.05) is 0 Å². The maximum atomic E-state index is 13.5. The number of amides is 2. The van der Waals surface area contributed by atoms with E-state index in [2.05, 4.69) is 24.3 Å². The van der Waals surface area contributed by atoms with Crippen LogP contribution in [0.15, 0.2) is 97.1 Å². The number of hydrogen-bond acceptors (Lipinski definition) is 3. The predicted molar refractivity (Wildman–Crippen MR) is 136 cm³/mol. The molecule has 0 aliphatic carbocycles. The maximum absolute atomic E-state index is 13.5. The molecule has 0 spiro atoms. The zero-order chi connectivity index (χ0) is 24.8. The lowest BCUT2D eigenvalue weighted by atomic mass is 9.99. The first-order valence-electron chi connectivity index (χ1n) is 11.4. The van der Waals surface area contributed by atoms with E-state index >= 15 is 0 Å². The molecule has 1 atom stereocenters. The molecule has 0 saturated carbocycles. The highest BCUT2D eigenvalue weighted by Gasteiger charge is 2.30. The number of hydrogen-bond donors (Lipinski definition) is 2. The van der Waals surface area contributed by atoms with Gasteiger partial charge in [0.05, 0.1) is 0 Å². The lowest BCUT2D eigenvalue weighted by Crippen LogP contribution is -2.45. The van der Waals surface area contributed by atoms with E-state index in [4.69, 9.17) is 5.73 Å². The van der Waals surface area contributed by atoms with Crippen LogP contribution in [-0.4, -0.2) is 33.8 Å². The summed E-state index contributed by atoms with van der Waals surface area (Å²) in [6.45, 7) is 0.0990. The summed E-state index contributed by atoms with van der Waals surface area (Å²) in [4.78, 5) is 38.2. The number of fused-ring (bicyclic) bond motifs is 1. The number of nitrogens with two attached hydrogens (primary N) is 1. The molecule has 4 aromatic carbocycles. The summed E-state index contributed by atoms with van der Waals surface area (Å²) in [7, 11) is 0. The Morgan fingerprint density at radius 2 is 1.40 bits per heavy atom. The smallest absolute Gasteiger partial charge is 0.326 e. The van der Waals surface area contributed by atoms with Crippen LogP contribution in [0.25, 0.3) is 21.9 Å². The quantitative estimate of drug-likeness (QED) is 0.368. The predicted octanol–water partition coefficient (Wildman–Crippen LogP) is 4.87. The first kappa shape index (κ1) is 23.7. The Kier molecular flexibility index (Phi) is 7.21. The van der Waals surface area contributed by atoms with Gasteiger partial charge >= 0.3 is 5.97 Å². The highest BCUT2D eigenvalue weighted by molar-refractivity contribution is 5.97. The Balaban J connectivity index is 1.63.